The van der Waals surface area contributed by atoms with Gasteiger partial charge in [0.1, 0.15) is 17.4 Å². The number of hydrogen-bond acceptors (Lipinski definition) is 6. The van der Waals surface area contributed by atoms with E-state index in [1.54, 1.807) is 11.5 Å². The summed E-state index contributed by atoms with van der Waals surface area (Å²) in [7, 11) is 3.84. The molecule has 176 valence electrons. The summed E-state index contributed by atoms with van der Waals surface area (Å²) in [6, 6.07) is 6.16. The molecule has 1 saturated heterocycles. The van der Waals surface area contributed by atoms with Crippen LogP contribution in [0.25, 0.3) is 17.0 Å². The van der Waals surface area contributed by atoms with E-state index in [1.165, 1.54) is 19.3 Å². The number of aromatic nitrogens is 4. The van der Waals surface area contributed by atoms with Crippen LogP contribution in [-0.4, -0.2) is 64.6 Å². The molecular formula is C25H34N6O2. The van der Waals surface area contributed by atoms with Gasteiger partial charge in [-0.1, -0.05) is 19.3 Å². The molecule has 33 heavy (non-hydrogen) atoms. The highest BCUT2D eigenvalue weighted by Gasteiger charge is 2.24. The number of H-pyrrole nitrogens is 1. The Morgan fingerprint density at radius 1 is 1.03 bits per heavy atom. The molecule has 0 atom stereocenters. The maximum atomic E-state index is 13.2. The number of likely N-dealkylation sites (N-methyl/N-ethyl adjacent to an activating group) is 1. The van der Waals surface area contributed by atoms with Crippen molar-refractivity contribution in [1.82, 2.24) is 24.3 Å². The van der Waals surface area contributed by atoms with Crippen molar-refractivity contribution in [2.45, 2.75) is 51.4 Å². The predicted molar refractivity (Wildman–Crippen MR) is 130 cm³/mol. The average Bonchev–Trinajstić information content (AvgIpc) is 3.02. The lowest BCUT2D eigenvalue weighted by molar-refractivity contribution is 0.360. The van der Waals surface area contributed by atoms with Gasteiger partial charge >= 0.3 is 5.69 Å². The lowest BCUT2D eigenvalue weighted by atomic mass is 9.89. The number of rotatable bonds is 4. The Balaban J connectivity index is 1.52. The van der Waals surface area contributed by atoms with Crippen LogP contribution in [0.15, 0.2) is 23.0 Å². The number of nitrogens with one attached hydrogen (secondary N) is 1. The number of hydrogen-bond donors (Lipinski definition) is 1. The second-order valence-corrected chi connectivity index (χ2v) is 9.47. The summed E-state index contributed by atoms with van der Waals surface area (Å²) in [5.74, 6) is 2.41. The maximum Gasteiger partial charge on any atom is 0.334 e. The fourth-order valence-corrected chi connectivity index (χ4v) is 5.30. The molecule has 0 amide bonds. The average molecular weight is 451 g/mol. The second-order valence-electron chi connectivity index (χ2n) is 9.47. The molecule has 2 aromatic heterocycles. The number of nitrogens with zero attached hydrogens (tertiary/aromatic N) is 5. The van der Waals surface area contributed by atoms with Gasteiger partial charge < -0.3 is 14.5 Å². The smallest absolute Gasteiger partial charge is 0.334 e. The summed E-state index contributed by atoms with van der Waals surface area (Å²) < 4.78 is 7.43. The van der Waals surface area contributed by atoms with Crippen molar-refractivity contribution in [2.24, 2.45) is 0 Å². The first-order valence-electron chi connectivity index (χ1n) is 12.2. The van der Waals surface area contributed by atoms with E-state index in [0.29, 0.717) is 23.1 Å². The summed E-state index contributed by atoms with van der Waals surface area (Å²) in [6.45, 7) is 6.10. The van der Waals surface area contributed by atoms with Crippen LogP contribution >= 0.6 is 0 Å². The molecule has 1 saturated carbocycles. The number of benzene rings is 1. The monoisotopic (exact) mass is 450 g/mol. The Bertz CT molecular complexity index is 1190. The molecule has 0 spiro atoms. The fourth-order valence-electron chi connectivity index (χ4n) is 5.30. The number of anilines is 1. The van der Waals surface area contributed by atoms with Crippen LogP contribution < -0.4 is 15.3 Å². The van der Waals surface area contributed by atoms with Crippen molar-refractivity contribution < 1.29 is 4.74 Å². The van der Waals surface area contributed by atoms with E-state index in [-0.39, 0.29) is 5.69 Å². The van der Waals surface area contributed by atoms with Gasteiger partial charge in [0.2, 0.25) is 0 Å². The third kappa shape index (κ3) is 4.24. The molecule has 8 nitrogen and oxygen atoms in total. The van der Waals surface area contributed by atoms with Gasteiger partial charge in [-0.25, -0.2) is 19.2 Å². The van der Waals surface area contributed by atoms with Gasteiger partial charge in [-0.15, -0.1) is 0 Å². The molecule has 3 aromatic rings. The summed E-state index contributed by atoms with van der Waals surface area (Å²) in [6.07, 6.45) is 6.96. The van der Waals surface area contributed by atoms with Crippen LogP contribution in [0.3, 0.4) is 0 Å². The molecule has 2 fully saturated rings. The number of aryl methyl sites for hydroxylation is 1. The van der Waals surface area contributed by atoms with Gasteiger partial charge in [-0.2, -0.15) is 0 Å². The highest BCUT2D eigenvalue weighted by Crippen LogP contribution is 2.34. The van der Waals surface area contributed by atoms with Gasteiger partial charge in [-0.3, -0.25) is 4.98 Å². The van der Waals surface area contributed by atoms with Gasteiger partial charge in [-0.05, 0) is 51.9 Å². The Morgan fingerprint density at radius 2 is 1.85 bits per heavy atom. The standard InChI is InChI=1S/C25H34N6O2/c1-17-23-27-22(28-25(32)31(23)24(26-17)18-8-5-4-6-9-18)20-11-10-19(16-21(20)33-3)30-13-7-12-29(2)14-15-30/h10-11,16,18H,4-9,12-15H2,1-3H3,(H,27,28,32). The van der Waals surface area contributed by atoms with E-state index < -0.39 is 0 Å². The Kier molecular flexibility index (Phi) is 6.10. The van der Waals surface area contributed by atoms with Gasteiger partial charge in [0.05, 0.1) is 18.4 Å². The van der Waals surface area contributed by atoms with Crippen LogP contribution in [0, 0.1) is 6.92 Å². The van der Waals surface area contributed by atoms with Gasteiger partial charge in [0.25, 0.3) is 0 Å². The predicted octanol–water partition coefficient (Wildman–Crippen LogP) is 3.59. The van der Waals surface area contributed by atoms with Gasteiger partial charge in [0.15, 0.2) is 5.65 Å². The van der Waals surface area contributed by atoms with Crippen LogP contribution in [0.5, 0.6) is 5.75 Å². The van der Waals surface area contributed by atoms with Crippen molar-refractivity contribution in [1.29, 1.82) is 0 Å². The molecule has 0 radical (unpaired) electrons. The molecule has 1 N–H and O–H groups in total. The van der Waals surface area contributed by atoms with E-state index in [9.17, 15) is 4.79 Å². The largest absolute Gasteiger partial charge is 0.496 e. The zero-order valence-corrected chi connectivity index (χ0v) is 19.9. The minimum Gasteiger partial charge on any atom is -0.496 e. The highest BCUT2D eigenvalue weighted by atomic mass is 16.5. The van der Waals surface area contributed by atoms with Crippen molar-refractivity contribution >= 4 is 11.3 Å². The molecule has 1 aromatic carbocycles. The molecular weight excluding hydrogens is 416 g/mol. The lowest BCUT2D eigenvalue weighted by Gasteiger charge is -2.24. The maximum absolute atomic E-state index is 13.2. The summed E-state index contributed by atoms with van der Waals surface area (Å²) in [4.78, 5) is 30.6. The normalized spacial score (nSPS) is 18.6. The lowest BCUT2D eigenvalue weighted by Crippen LogP contribution is -2.28. The molecule has 0 unspecified atom stereocenters. The topological polar surface area (TPSA) is 78.8 Å². The fraction of sp³-hybridized carbons (Fsp3) is 0.560. The quantitative estimate of drug-likeness (QED) is 0.655. The molecule has 5 rings (SSSR count). The van der Waals surface area contributed by atoms with Crippen LogP contribution in [0.1, 0.15) is 56.0 Å². The Morgan fingerprint density at radius 3 is 2.64 bits per heavy atom. The van der Waals surface area contributed by atoms with E-state index in [1.807, 2.05) is 13.0 Å². The van der Waals surface area contributed by atoms with Crippen molar-refractivity contribution in [2.75, 3.05) is 45.2 Å². The molecule has 2 aliphatic rings. The zero-order chi connectivity index (χ0) is 22.9. The van der Waals surface area contributed by atoms with Crippen LogP contribution in [-0.2, 0) is 0 Å². The van der Waals surface area contributed by atoms with Crippen molar-refractivity contribution in [3.8, 4) is 17.1 Å². The minimum atomic E-state index is -0.183. The molecule has 8 heteroatoms. The number of fused-ring (bicyclic) bond motifs is 1. The van der Waals surface area contributed by atoms with E-state index in [2.05, 4.69) is 34.0 Å². The van der Waals surface area contributed by atoms with E-state index in [0.717, 1.165) is 68.2 Å². The van der Waals surface area contributed by atoms with Crippen LogP contribution in [0.4, 0.5) is 5.69 Å². The van der Waals surface area contributed by atoms with Gasteiger partial charge in [0, 0.05) is 37.3 Å². The van der Waals surface area contributed by atoms with Crippen LogP contribution in [0.2, 0.25) is 0 Å². The number of ether oxygens (including phenoxy) is 1. The van der Waals surface area contributed by atoms with E-state index in [4.69, 9.17) is 14.7 Å². The van der Waals surface area contributed by atoms with Crippen molar-refractivity contribution in [3.05, 3.63) is 40.2 Å². The Labute approximate surface area is 194 Å². The third-order valence-corrected chi connectivity index (χ3v) is 7.19. The third-order valence-electron chi connectivity index (χ3n) is 7.19. The zero-order valence-electron chi connectivity index (χ0n) is 19.9. The minimum absolute atomic E-state index is 0.183. The highest BCUT2D eigenvalue weighted by molar-refractivity contribution is 5.70. The first-order valence-corrected chi connectivity index (χ1v) is 12.2. The number of methoxy groups -OCH3 is 1. The van der Waals surface area contributed by atoms with E-state index >= 15 is 0 Å². The Hall–Kier alpha value is -2.87. The van der Waals surface area contributed by atoms with Crippen molar-refractivity contribution in [3.63, 3.8) is 0 Å². The number of imidazole rings is 1. The molecule has 1 aliphatic carbocycles. The summed E-state index contributed by atoms with van der Waals surface area (Å²) in [5.41, 5.74) is 3.17. The SMILES string of the molecule is COc1cc(N2CCCN(C)CC2)ccc1-c1nc2c(C)nc(C3CCCCC3)n2c(=O)[nH]1. The number of aromatic amines is 1. The molecule has 0 bridgehead atoms. The summed E-state index contributed by atoms with van der Waals surface area (Å²) in [5, 5.41) is 0. The second kappa shape index (κ2) is 9.17. The molecule has 3 heterocycles. The first kappa shape index (κ1) is 21.9. The molecule has 1 aliphatic heterocycles. The first-order chi connectivity index (χ1) is 16.0. The summed E-state index contributed by atoms with van der Waals surface area (Å²) >= 11 is 0.